The summed E-state index contributed by atoms with van der Waals surface area (Å²) < 4.78 is 5.28. The van der Waals surface area contributed by atoms with Crippen molar-refractivity contribution in [2.45, 2.75) is 32.7 Å². The molecule has 0 aliphatic carbocycles. The standard InChI is InChI=1S/C12H23NO3/c1-9(2)11(8-14)12(15)13(3)10-4-6-16-7-5-10/h9-11,14H,4-8H2,1-3H3. The summed E-state index contributed by atoms with van der Waals surface area (Å²) >= 11 is 0. The number of aliphatic hydroxyl groups is 1. The number of carbonyl (C=O) groups excluding carboxylic acids is 1. The van der Waals surface area contributed by atoms with Crippen molar-refractivity contribution in [2.24, 2.45) is 11.8 Å². The van der Waals surface area contributed by atoms with Crippen LogP contribution in [0.4, 0.5) is 0 Å². The van der Waals surface area contributed by atoms with Crippen molar-refractivity contribution in [3.05, 3.63) is 0 Å². The minimum atomic E-state index is -0.271. The van der Waals surface area contributed by atoms with Crippen LogP contribution in [-0.2, 0) is 9.53 Å². The number of nitrogens with zero attached hydrogens (tertiary/aromatic N) is 1. The molecule has 94 valence electrons. The second-order valence-corrected chi connectivity index (χ2v) is 4.83. The van der Waals surface area contributed by atoms with Gasteiger partial charge in [0.1, 0.15) is 0 Å². The first-order valence-electron chi connectivity index (χ1n) is 6.03. The summed E-state index contributed by atoms with van der Waals surface area (Å²) in [5.41, 5.74) is 0. The lowest BCUT2D eigenvalue weighted by Crippen LogP contribution is -2.45. The molecule has 1 fully saturated rings. The van der Waals surface area contributed by atoms with Crippen molar-refractivity contribution >= 4 is 5.91 Å². The molecule has 1 amide bonds. The van der Waals surface area contributed by atoms with Gasteiger partial charge in [-0.05, 0) is 18.8 Å². The van der Waals surface area contributed by atoms with E-state index in [9.17, 15) is 9.90 Å². The molecule has 16 heavy (non-hydrogen) atoms. The van der Waals surface area contributed by atoms with E-state index in [1.165, 1.54) is 0 Å². The first-order valence-corrected chi connectivity index (χ1v) is 6.03. The van der Waals surface area contributed by atoms with Gasteiger partial charge in [-0.1, -0.05) is 13.8 Å². The molecule has 0 spiro atoms. The maximum atomic E-state index is 12.1. The summed E-state index contributed by atoms with van der Waals surface area (Å²) in [6.07, 6.45) is 1.80. The zero-order valence-corrected chi connectivity index (χ0v) is 10.5. The molecule has 0 saturated carbocycles. The molecule has 4 heteroatoms. The molecule has 1 saturated heterocycles. The van der Waals surface area contributed by atoms with E-state index in [0.29, 0.717) is 0 Å². The fourth-order valence-electron chi connectivity index (χ4n) is 2.09. The molecule has 1 N–H and O–H groups in total. The third kappa shape index (κ3) is 3.19. The van der Waals surface area contributed by atoms with E-state index in [1.54, 1.807) is 4.90 Å². The fraction of sp³-hybridized carbons (Fsp3) is 0.917. The number of aliphatic hydroxyl groups excluding tert-OH is 1. The number of hydrogen-bond donors (Lipinski definition) is 1. The summed E-state index contributed by atoms with van der Waals surface area (Å²) in [7, 11) is 1.84. The summed E-state index contributed by atoms with van der Waals surface area (Å²) in [5, 5.41) is 9.24. The highest BCUT2D eigenvalue weighted by atomic mass is 16.5. The minimum absolute atomic E-state index is 0.0596. The van der Waals surface area contributed by atoms with E-state index in [-0.39, 0.29) is 30.4 Å². The minimum Gasteiger partial charge on any atom is -0.396 e. The van der Waals surface area contributed by atoms with E-state index in [0.717, 1.165) is 26.1 Å². The Labute approximate surface area is 97.6 Å². The van der Waals surface area contributed by atoms with Gasteiger partial charge < -0.3 is 14.7 Å². The molecule has 4 nitrogen and oxygen atoms in total. The molecular weight excluding hydrogens is 206 g/mol. The molecule has 0 aromatic rings. The Morgan fingerprint density at radius 3 is 2.44 bits per heavy atom. The van der Waals surface area contributed by atoms with Gasteiger partial charge >= 0.3 is 0 Å². The quantitative estimate of drug-likeness (QED) is 0.779. The van der Waals surface area contributed by atoms with E-state index >= 15 is 0 Å². The highest BCUT2D eigenvalue weighted by molar-refractivity contribution is 5.79. The van der Waals surface area contributed by atoms with Crippen LogP contribution >= 0.6 is 0 Å². The van der Waals surface area contributed by atoms with Crippen molar-refractivity contribution in [3.8, 4) is 0 Å². The fourth-order valence-corrected chi connectivity index (χ4v) is 2.09. The zero-order chi connectivity index (χ0) is 12.1. The predicted octanol–water partition coefficient (Wildman–Crippen LogP) is 0.888. The van der Waals surface area contributed by atoms with Crippen LogP contribution in [0.3, 0.4) is 0 Å². The van der Waals surface area contributed by atoms with Crippen molar-refractivity contribution in [1.29, 1.82) is 0 Å². The third-order valence-electron chi connectivity index (χ3n) is 3.40. The lowest BCUT2D eigenvalue weighted by molar-refractivity contribution is -0.140. The maximum absolute atomic E-state index is 12.1. The summed E-state index contributed by atoms with van der Waals surface area (Å²) in [6.45, 7) is 5.33. The Kier molecular flexibility index (Phi) is 5.22. The Morgan fingerprint density at radius 2 is 2.00 bits per heavy atom. The van der Waals surface area contributed by atoms with Gasteiger partial charge in [0.2, 0.25) is 5.91 Å². The van der Waals surface area contributed by atoms with Crippen LogP contribution in [0.5, 0.6) is 0 Å². The number of ether oxygens (including phenoxy) is 1. The number of carbonyl (C=O) groups is 1. The summed E-state index contributed by atoms with van der Waals surface area (Å²) in [4.78, 5) is 13.9. The molecule has 1 atom stereocenters. The third-order valence-corrected chi connectivity index (χ3v) is 3.40. The average molecular weight is 229 g/mol. The largest absolute Gasteiger partial charge is 0.396 e. The van der Waals surface area contributed by atoms with Gasteiger partial charge in [0.15, 0.2) is 0 Å². The van der Waals surface area contributed by atoms with Gasteiger partial charge in [-0.2, -0.15) is 0 Å². The topological polar surface area (TPSA) is 49.8 Å². The summed E-state index contributed by atoms with van der Waals surface area (Å²) in [6, 6.07) is 0.272. The second kappa shape index (κ2) is 6.21. The van der Waals surface area contributed by atoms with Crippen LogP contribution < -0.4 is 0 Å². The van der Waals surface area contributed by atoms with Crippen LogP contribution in [0.25, 0.3) is 0 Å². The Bertz CT molecular complexity index is 224. The Balaban J connectivity index is 2.57. The van der Waals surface area contributed by atoms with E-state index in [1.807, 2.05) is 20.9 Å². The first kappa shape index (κ1) is 13.5. The predicted molar refractivity (Wildman–Crippen MR) is 62.0 cm³/mol. The molecule has 1 unspecified atom stereocenters. The summed E-state index contributed by atoms with van der Waals surface area (Å²) in [5.74, 6) is -0.0305. The maximum Gasteiger partial charge on any atom is 0.228 e. The highest BCUT2D eigenvalue weighted by Gasteiger charge is 2.29. The smallest absolute Gasteiger partial charge is 0.228 e. The molecule has 0 aromatic carbocycles. The van der Waals surface area contributed by atoms with E-state index in [4.69, 9.17) is 4.74 Å². The van der Waals surface area contributed by atoms with Gasteiger partial charge in [0.25, 0.3) is 0 Å². The van der Waals surface area contributed by atoms with Crippen LogP contribution in [0.1, 0.15) is 26.7 Å². The highest BCUT2D eigenvalue weighted by Crippen LogP contribution is 2.19. The van der Waals surface area contributed by atoms with Crippen LogP contribution in [0.2, 0.25) is 0 Å². The zero-order valence-electron chi connectivity index (χ0n) is 10.5. The molecular formula is C12H23NO3. The average Bonchev–Trinajstić information content (AvgIpc) is 2.29. The van der Waals surface area contributed by atoms with E-state index < -0.39 is 0 Å². The Morgan fingerprint density at radius 1 is 1.44 bits per heavy atom. The van der Waals surface area contributed by atoms with Crippen LogP contribution in [0.15, 0.2) is 0 Å². The van der Waals surface area contributed by atoms with Crippen molar-refractivity contribution in [2.75, 3.05) is 26.9 Å². The van der Waals surface area contributed by atoms with Gasteiger partial charge in [-0.3, -0.25) is 4.79 Å². The number of rotatable bonds is 4. The van der Waals surface area contributed by atoms with Gasteiger partial charge in [-0.15, -0.1) is 0 Å². The molecule has 1 rings (SSSR count). The number of amides is 1. The molecule has 0 bridgehead atoms. The van der Waals surface area contributed by atoms with Crippen LogP contribution in [0, 0.1) is 11.8 Å². The molecule has 1 heterocycles. The molecule has 0 radical (unpaired) electrons. The SMILES string of the molecule is CC(C)C(CO)C(=O)N(C)C1CCOCC1. The molecule has 0 aromatic heterocycles. The lowest BCUT2D eigenvalue weighted by atomic mass is 9.94. The van der Waals surface area contributed by atoms with Crippen molar-refractivity contribution < 1.29 is 14.6 Å². The molecule has 1 aliphatic rings. The second-order valence-electron chi connectivity index (χ2n) is 4.83. The molecule has 1 aliphatic heterocycles. The monoisotopic (exact) mass is 229 g/mol. The normalized spacial score (nSPS) is 19.8. The van der Waals surface area contributed by atoms with Crippen LogP contribution in [-0.4, -0.2) is 48.8 Å². The Hall–Kier alpha value is -0.610. The first-order chi connectivity index (χ1) is 7.57. The van der Waals surface area contributed by atoms with Crippen molar-refractivity contribution in [3.63, 3.8) is 0 Å². The van der Waals surface area contributed by atoms with Gasteiger partial charge in [0, 0.05) is 26.3 Å². The lowest BCUT2D eigenvalue weighted by Gasteiger charge is -2.34. The van der Waals surface area contributed by atoms with Crippen molar-refractivity contribution in [1.82, 2.24) is 4.90 Å². The van der Waals surface area contributed by atoms with Gasteiger partial charge in [0.05, 0.1) is 12.5 Å². The van der Waals surface area contributed by atoms with E-state index in [2.05, 4.69) is 0 Å². The number of hydrogen-bond acceptors (Lipinski definition) is 3. The van der Waals surface area contributed by atoms with Gasteiger partial charge in [-0.25, -0.2) is 0 Å².